The first-order chi connectivity index (χ1) is 10.0. The second-order valence-corrected chi connectivity index (χ2v) is 5.36. The van der Waals surface area contributed by atoms with Crippen LogP contribution in [0.2, 0.25) is 0 Å². The molecule has 110 valence electrons. The number of hydrogen-bond donors (Lipinski definition) is 1. The Balaban J connectivity index is 2.45. The van der Waals surface area contributed by atoms with Crippen LogP contribution in [0.1, 0.15) is 23.3 Å². The predicted molar refractivity (Wildman–Crippen MR) is 76.8 cm³/mol. The van der Waals surface area contributed by atoms with Crippen molar-refractivity contribution in [3.63, 3.8) is 0 Å². The van der Waals surface area contributed by atoms with Gasteiger partial charge in [-0.3, -0.25) is 4.55 Å². The van der Waals surface area contributed by atoms with E-state index in [0.717, 1.165) is 0 Å². The fourth-order valence-electron chi connectivity index (χ4n) is 2.01. The molecule has 7 heteroatoms. The Bertz CT molecular complexity index is 688. The number of rotatable bonds is 6. The van der Waals surface area contributed by atoms with Crippen molar-refractivity contribution in [2.45, 2.75) is 12.1 Å². The largest absolute Gasteiger partial charge is 0.398 e. The highest BCUT2D eigenvalue weighted by Gasteiger charge is 2.30. The quantitative estimate of drug-likeness (QED) is 0.654. The molecule has 0 spiro atoms. The molecule has 0 heterocycles. The molecule has 0 aliphatic carbocycles. The van der Waals surface area contributed by atoms with Gasteiger partial charge in [-0.1, -0.05) is 65.8 Å². The SMILES string of the molecule is O=NC(c1ccccc1)C(OS(=O)(=O)O)c1ccccc1. The van der Waals surface area contributed by atoms with Gasteiger partial charge in [-0.25, -0.2) is 4.18 Å². The minimum atomic E-state index is -4.73. The van der Waals surface area contributed by atoms with Crippen molar-refractivity contribution in [3.05, 3.63) is 76.7 Å². The number of nitrogens with zero attached hydrogens (tertiary/aromatic N) is 1. The van der Waals surface area contributed by atoms with Gasteiger partial charge in [0.2, 0.25) is 0 Å². The van der Waals surface area contributed by atoms with Gasteiger partial charge in [0, 0.05) is 0 Å². The van der Waals surface area contributed by atoms with Gasteiger partial charge in [0.1, 0.15) is 12.1 Å². The van der Waals surface area contributed by atoms with Crippen LogP contribution < -0.4 is 0 Å². The van der Waals surface area contributed by atoms with Crippen molar-refractivity contribution in [2.24, 2.45) is 5.18 Å². The zero-order valence-corrected chi connectivity index (χ0v) is 11.7. The van der Waals surface area contributed by atoms with E-state index in [1.807, 2.05) is 0 Å². The van der Waals surface area contributed by atoms with Gasteiger partial charge >= 0.3 is 10.4 Å². The first-order valence-corrected chi connectivity index (χ1v) is 7.46. The smallest absolute Gasteiger partial charge is 0.264 e. The summed E-state index contributed by atoms with van der Waals surface area (Å²) in [6.07, 6.45) is -1.24. The maximum atomic E-state index is 11.2. The van der Waals surface area contributed by atoms with Crippen LogP contribution in [0.4, 0.5) is 0 Å². The third-order valence-electron chi connectivity index (χ3n) is 2.89. The van der Waals surface area contributed by atoms with Crippen molar-refractivity contribution < 1.29 is 17.2 Å². The lowest BCUT2D eigenvalue weighted by atomic mass is 9.97. The van der Waals surface area contributed by atoms with Crippen LogP contribution in [-0.2, 0) is 14.6 Å². The molecule has 2 atom stereocenters. The molecule has 0 saturated carbocycles. The average molecular weight is 307 g/mol. The summed E-state index contributed by atoms with van der Waals surface area (Å²) in [5.74, 6) is 0. The molecule has 0 aromatic heterocycles. The molecule has 0 aliphatic heterocycles. The summed E-state index contributed by atoms with van der Waals surface area (Å²) in [6.45, 7) is 0. The number of benzene rings is 2. The van der Waals surface area contributed by atoms with Crippen molar-refractivity contribution >= 4 is 10.4 Å². The Morgan fingerprint density at radius 2 is 1.38 bits per heavy atom. The van der Waals surface area contributed by atoms with E-state index in [-0.39, 0.29) is 0 Å². The monoisotopic (exact) mass is 307 g/mol. The van der Waals surface area contributed by atoms with Gasteiger partial charge in [0.25, 0.3) is 0 Å². The van der Waals surface area contributed by atoms with Crippen LogP contribution in [0.15, 0.2) is 65.8 Å². The van der Waals surface area contributed by atoms with Crippen molar-refractivity contribution in [3.8, 4) is 0 Å². The lowest BCUT2D eigenvalue weighted by Crippen LogP contribution is -2.17. The first kappa shape index (κ1) is 15.3. The van der Waals surface area contributed by atoms with Gasteiger partial charge in [-0.15, -0.1) is 0 Å². The lowest BCUT2D eigenvalue weighted by molar-refractivity contribution is 0.158. The fourth-order valence-corrected chi connectivity index (χ4v) is 2.48. The molecule has 2 aromatic carbocycles. The molecule has 0 aliphatic rings. The average Bonchev–Trinajstić information content (AvgIpc) is 2.48. The third kappa shape index (κ3) is 4.19. The Morgan fingerprint density at radius 1 is 0.905 bits per heavy atom. The maximum Gasteiger partial charge on any atom is 0.398 e. The molecule has 1 N–H and O–H groups in total. The maximum absolute atomic E-state index is 11.2. The highest BCUT2D eigenvalue weighted by atomic mass is 32.3. The molecule has 2 aromatic rings. The number of hydrogen-bond acceptors (Lipinski definition) is 5. The molecular formula is C14H13NO5S. The first-order valence-electron chi connectivity index (χ1n) is 6.09. The second-order valence-electron chi connectivity index (χ2n) is 4.32. The summed E-state index contributed by atoms with van der Waals surface area (Å²) in [4.78, 5) is 11.2. The molecule has 0 amide bonds. The highest BCUT2D eigenvalue weighted by Crippen LogP contribution is 2.35. The van der Waals surface area contributed by atoms with Gasteiger partial charge in [-0.2, -0.15) is 13.3 Å². The van der Waals surface area contributed by atoms with E-state index in [2.05, 4.69) is 9.36 Å². The molecule has 2 unspecified atom stereocenters. The Morgan fingerprint density at radius 3 is 1.81 bits per heavy atom. The fraction of sp³-hybridized carbons (Fsp3) is 0.143. The molecule has 6 nitrogen and oxygen atoms in total. The van der Waals surface area contributed by atoms with E-state index >= 15 is 0 Å². The summed E-state index contributed by atoms with van der Waals surface area (Å²) in [5.41, 5.74) is 0.911. The van der Waals surface area contributed by atoms with E-state index in [4.69, 9.17) is 4.55 Å². The van der Waals surface area contributed by atoms with E-state index in [1.54, 1.807) is 60.7 Å². The zero-order chi connectivity index (χ0) is 15.3. The second kappa shape index (κ2) is 6.57. The van der Waals surface area contributed by atoms with E-state index in [0.29, 0.717) is 11.1 Å². The van der Waals surface area contributed by atoms with Crippen molar-refractivity contribution in [1.82, 2.24) is 0 Å². The van der Waals surface area contributed by atoms with Crippen LogP contribution >= 0.6 is 0 Å². The molecule has 0 saturated heterocycles. The summed E-state index contributed by atoms with van der Waals surface area (Å²) in [7, 11) is -4.73. The Hall–Kier alpha value is -2.09. The molecule has 0 fully saturated rings. The van der Waals surface area contributed by atoms with Gasteiger partial charge in [0.05, 0.1) is 0 Å². The highest BCUT2D eigenvalue weighted by molar-refractivity contribution is 7.80. The van der Waals surface area contributed by atoms with Gasteiger partial charge in [0.15, 0.2) is 0 Å². The summed E-state index contributed by atoms with van der Waals surface area (Å²) >= 11 is 0. The van der Waals surface area contributed by atoms with Crippen LogP contribution in [-0.4, -0.2) is 13.0 Å². The van der Waals surface area contributed by atoms with Crippen molar-refractivity contribution in [1.29, 1.82) is 0 Å². The Kier molecular flexibility index (Phi) is 4.79. The standard InChI is InChI=1S/C14H13NO5S/c16-15-13(11-7-3-1-4-8-11)14(20-21(17,18)19)12-9-5-2-6-10-12/h1-10,13-14H,(H,17,18,19). The minimum absolute atomic E-state index is 0.420. The molecular weight excluding hydrogens is 294 g/mol. The van der Waals surface area contributed by atoms with Crippen LogP contribution in [0, 0.1) is 4.91 Å². The summed E-state index contributed by atoms with van der Waals surface area (Å²) < 4.78 is 35.7. The van der Waals surface area contributed by atoms with Gasteiger partial charge in [-0.05, 0) is 11.1 Å². The van der Waals surface area contributed by atoms with Crippen molar-refractivity contribution in [2.75, 3.05) is 0 Å². The van der Waals surface area contributed by atoms with Crippen LogP contribution in [0.25, 0.3) is 0 Å². The van der Waals surface area contributed by atoms with E-state index < -0.39 is 22.5 Å². The molecule has 0 bridgehead atoms. The lowest BCUT2D eigenvalue weighted by Gasteiger charge is -2.21. The summed E-state index contributed by atoms with van der Waals surface area (Å²) in [6, 6.07) is 15.6. The van der Waals surface area contributed by atoms with Crippen LogP contribution in [0.5, 0.6) is 0 Å². The predicted octanol–water partition coefficient (Wildman–Crippen LogP) is 3.05. The summed E-state index contributed by atoms with van der Waals surface area (Å²) in [5, 5.41) is 2.97. The molecule has 2 rings (SSSR count). The van der Waals surface area contributed by atoms with E-state index in [9.17, 15) is 13.3 Å². The van der Waals surface area contributed by atoms with E-state index in [1.165, 1.54) is 0 Å². The van der Waals surface area contributed by atoms with Crippen LogP contribution in [0.3, 0.4) is 0 Å². The minimum Gasteiger partial charge on any atom is -0.264 e. The normalized spacial score (nSPS) is 14.3. The zero-order valence-electron chi connectivity index (χ0n) is 10.9. The third-order valence-corrected chi connectivity index (χ3v) is 3.35. The van der Waals surface area contributed by atoms with Gasteiger partial charge < -0.3 is 0 Å². The molecule has 0 radical (unpaired) electrons. The Labute approximate surface area is 122 Å². The number of nitroso groups, excluding NO2 is 1. The molecule has 21 heavy (non-hydrogen) atoms. The topological polar surface area (TPSA) is 93.0 Å².